The summed E-state index contributed by atoms with van der Waals surface area (Å²) in [6, 6.07) is 10.2. The summed E-state index contributed by atoms with van der Waals surface area (Å²) >= 11 is 1.60. The highest BCUT2D eigenvalue weighted by Gasteiger charge is 2.20. The van der Waals surface area contributed by atoms with Crippen LogP contribution >= 0.6 is 11.8 Å². The van der Waals surface area contributed by atoms with Gasteiger partial charge in [-0.15, -0.1) is 11.8 Å². The number of rotatable bonds is 6. The maximum absolute atomic E-state index is 12.3. The van der Waals surface area contributed by atoms with Crippen LogP contribution < -0.4 is 5.32 Å². The average molecular weight is 344 g/mol. The molecule has 0 saturated heterocycles. The first kappa shape index (κ1) is 17.1. The van der Waals surface area contributed by atoms with Gasteiger partial charge in [0.05, 0.1) is 10.9 Å². The van der Waals surface area contributed by atoms with Crippen LogP contribution in [0.4, 0.5) is 0 Å². The van der Waals surface area contributed by atoms with Crippen LogP contribution in [0.1, 0.15) is 44.7 Å². The third-order valence-electron chi connectivity index (χ3n) is 4.37. The summed E-state index contributed by atoms with van der Waals surface area (Å²) in [7, 11) is 0. The summed E-state index contributed by atoms with van der Waals surface area (Å²) in [6.45, 7) is 1.96. The summed E-state index contributed by atoms with van der Waals surface area (Å²) in [5, 5.41) is 3.10. The molecule has 2 aromatic rings. The highest BCUT2D eigenvalue weighted by molar-refractivity contribution is 7.99. The molecule has 1 atom stereocenters. The Morgan fingerprint density at radius 3 is 2.79 bits per heavy atom. The van der Waals surface area contributed by atoms with Gasteiger partial charge < -0.3 is 9.73 Å². The van der Waals surface area contributed by atoms with Gasteiger partial charge in [0.2, 0.25) is 11.8 Å². The summed E-state index contributed by atoms with van der Waals surface area (Å²) in [5.74, 6) is 1.44. The molecule has 128 valence electrons. The minimum Gasteiger partial charge on any atom is -0.444 e. The van der Waals surface area contributed by atoms with E-state index in [1.54, 1.807) is 18.0 Å². The van der Waals surface area contributed by atoms with E-state index in [-0.39, 0.29) is 11.2 Å². The van der Waals surface area contributed by atoms with Crippen molar-refractivity contribution < 1.29 is 9.21 Å². The number of thioether (sulfide) groups is 1. The van der Waals surface area contributed by atoms with Gasteiger partial charge in [-0.25, -0.2) is 4.98 Å². The van der Waals surface area contributed by atoms with Gasteiger partial charge >= 0.3 is 0 Å². The second kappa shape index (κ2) is 8.38. The van der Waals surface area contributed by atoms with Gasteiger partial charge in [0.25, 0.3) is 0 Å². The smallest absolute Gasteiger partial charge is 0.233 e. The zero-order valence-corrected chi connectivity index (χ0v) is 14.8. The fourth-order valence-corrected chi connectivity index (χ4v) is 3.71. The van der Waals surface area contributed by atoms with Crippen LogP contribution in [0, 0.1) is 0 Å². The molecule has 5 heteroatoms. The molecule has 1 aliphatic carbocycles. The molecule has 1 heterocycles. The van der Waals surface area contributed by atoms with E-state index in [1.165, 1.54) is 19.3 Å². The van der Waals surface area contributed by atoms with Crippen molar-refractivity contribution in [1.82, 2.24) is 10.3 Å². The van der Waals surface area contributed by atoms with Crippen LogP contribution in [0.2, 0.25) is 0 Å². The Bertz CT molecular complexity index is 650. The summed E-state index contributed by atoms with van der Waals surface area (Å²) in [5.41, 5.74) is 1.84. The molecule has 1 N–H and O–H groups in total. The first-order valence-corrected chi connectivity index (χ1v) is 9.69. The minimum atomic E-state index is -0.0798. The monoisotopic (exact) mass is 344 g/mol. The van der Waals surface area contributed by atoms with Gasteiger partial charge in [-0.1, -0.05) is 37.5 Å². The standard InChI is InChI=1S/C19H24N2O2S/c1-14(18(22)20-16-10-6-3-7-11-16)24-13-17-12-23-19(21-17)15-8-4-2-5-9-15/h2,4-5,8-9,12,14,16H,3,6-7,10-11,13H2,1H3,(H,20,22). The van der Waals surface area contributed by atoms with E-state index < -0.39 is 0 Å². The second-order valence-electron chi connectivity index (χ2n) is 6.31. The lowest BCUT2D eigenvalue weighted by atomic mass is 9.95. The molecular formula is C19H24N2O2S. The lowest BCUT2D eigenvalue weighted by Crippen LogP contribution is -2.40. The van der Waals surface area contributed by atoms with Gasteiger partial charge in [0, 0.05) is 17.4 Å². The average Bonchev–Trinajstić information content (AvgIpc) is 3.10. The van der Waals surface area contributed by atoms with Crippen molar-refractivity contribution in [2.24, 2.45) is 0 Å². The number of aromatic nitrogens is 1. The zero-order chi connectivity index (χ0) is 16.8. The molecule has 0 bridgehead atoms. The SMILES string of the molecule is CC(SCc1coc(-c2ccccc2)n1)C(=O)NC1CCCCC1. The van der Waals surface area contributed by atoms with Crippen molar-refractivity contribution in [1.29, 1.82) is 0 Å². The molecule has 1 aromatic heterocycles. The van der Waals surface area contributed by atoms with Crippen LogP contribution in [-0.4, -0.2) is 22.2 Å². The molecule has 1 saturated carbocycles. The molecule has 1 unspecified atom stereocenters. The fourth-order valence-electron chi connectivity index (χ4n) is 2.94. The number of carbonyl (C=O) groups excluding carboxylic acids is 1. The van der Waals surface area contributed by atoms with Crippen LogP contribution in [0.5, 0.6) is 0 Å². The number of nitrogens with one attached hydrogen (secondary N) is 1. The van der Waals surface area contributed by atoms with Crippen molar-refractivity contribution in [3.63, 3.8) is 0 Å². The third kappa shape index (κ3) is 4.63. The van der Waals surface area contributed by atoms with E-state index in [0.29, 0.717) is 17.7 Å². The topological polar surface area (TPSA) is 55.1 Å². The Kier molecular flexibility index (Phi) is 5.96. The quantitative estimate of drug-likeness (QED) is 0.843. The van der Waals surface area contributed by atoms with E-state index in [2.05, 4.69) is 10.3 Å². The largest absolute Gasteiger partial charge is 0.444 e. The Hall–Kier alpha value is -1.75. The molecule has 0 spiro atoms. The molecule has 1 amide bonds. The van der Waals surface area contributed by atoms with Crippen molar-refractivity contribution in [2.45, 2.75) is 56.1 Å². The number of carbonyl (C=O) groups is 1. The molecule has 0 radical (unpaired) electrons. The summed E-state index contributed by atoms with van der Waals surface area (Å²) < 4.78 is 5.54. The summed E-state index contributed by atoms with van der Waals surface area (Å²) in [6.07, 6.45) is 7.68. The molecule has 0 aliphatic heterocycles. The number of amides is 1. The van der Waals surface area contributed by atoms with Gasteiger partial charge in [-0.05, 0) is 31.9 Å². The Morgan fingerprint density at radius 2 is 2.04 bits per heavy atom. The van der Waals surface area contributed by atoms with E-state index >= 15 is 0 Å². The van der Waals surface area contributed by atoms with Crippen molar-refractivity contribution >= 4 is 17.7 Å². The third-order valence-corrected chi connectivity index (χ3v) is 5.55. The number of nitrogens with zero attached hydrogens (tertiary/aromatic N) is 1. The first-order valence-electron chi connectivity index (χ1n) is 8.64. The van der Waals surface area contributed by atoms with Crippen LogP contribution in [0.3, 0.4) is 0 Å². The number of benzene rings is 1. The van der Waals surface area contributed by atoms with Gasteiger partial charge in [0.1, 0.15) is 6.26 Å². The molecule has 24 heavy (non-hydrogen) atoms. The second-order valence-corrected chi connectivity index (χ2v) is 7.64. The number of hydrogen-bond acceptors (Lipinski definition) is 4. The predicted octanol–water partition coefficient (Wildman–Crippen LogP) is 4.41. The van der Waals surface area contributed by atoms with Crippen LogP contribution in [0.15, 0.2) is 41.0 Å². The van der Waals surface area contributed by atoms with Gasteiger partial charge in [-0.3, -0.25) is 4.79 Å². The molecular weight excluding hydrogens is 320 g/mol. The van der Waals surface area contributed by atoms with Gasteiger partial charge in [0.15, 0.2) is 0 Å². The van der Waals surface area contributed by atoms with Crippen molar-refractivity contribution in [3.8, 4) is 11.5 Å². The molecule has 4 nitrogen and oxygen atoms in total. The number of hydrogen-bond donors (Lipinski definition) is 1. The van der Waals surface area contributed by atoms with Crippen LogP contribution in [-0.2, 0) is 10.5 Å². The van der Waals surface area contributed by atoms with E-state index in [9.17, 15) is 4.79 Å². The Morgan fingerprint density at radius 1 is 1.29 bits per heavy atom. The van der Waals surface area contributed by atoms with Crippen LogP contribution in [0.25, 0.3) is 11.5 Å². The Labute approximate surface area is 147 Å². The molecule has 3 rings (SSSR count). The zero-order valence-electron chi connectivity index (χ0n) is 14.0. The molecule has 1 fully saturated rings. The van der Waals surface area contributed by atoms with Crippen molar-refractivity contribution in [3.05, 3.63) is 42.3 Å². The van der Waals surface area contributed by atoms with E-state index in [4.69, 9.17) is 4.42 Å². The lowest BCUT2D eigenvalue weighted by Gasteiger charge is -2.24. The molecule has 1 aromatic carbocycles. The summed E-state index contributed by atoms with van der Waals surface area (Å²) in [4.78, 5) is 16.8. The predicted molar refractivity (Wildman–Crippen MR) is 97.7 cm³/mol. The van der Waals surface area contributed by atoms with Gasteiger partial charge in [-0.2, -0.15) is 0 Å². The first-order chi connectivity index (χ1) is 11.7. The van der Waals surface area contributed by atoms with E-state index in [1.807, 2.05) is 37.3 Å². The highest BCUT2D eigenvalue weighted by atomic mass is 32.2. The minimum absolute atomic E-state index is 0.0798. The molecule has 1 aliphatic rings. The highest BCUT2D eigenvalue weighted by Crippen LogP contribution is 2.23. The Balaban J connectivity index is 1.48. The number of oxazole rings is 1. The van der Waals surface area contributed by atoms with E-state index in [0.717, 1.165) is 24.1 Å². The maximum Gasteiger partial charge on any atom is 0.233 e. The van der Waals surface area contributed by atoms with Crippen molar-refractivity contribution in [2.75, 3.05) is 0 Å². The fraction of sp³-hybridized carbons (Fsp3) is 0.474. The normalized spacial score (nSPS) is 16.7. The maximum atomic E-state index is 12.3. The lowest BCUT2D eigenvalue weighted by molar-refractivity contribution is -0.121.